The first-order valence-corrected chi connectivity index (χ1v) is 10.5. The van der Waals surface area contributed by atoms with Crippen LogP contribution in [0.3, 0.4) is 0 Å². The van der Waals surface area contributed by atoms with Gasteiger partial charge in [-0.1, -0.05) is 29.5 Å². The summed E-state index contributed by atoms with van der Waals surface area (Å²) in [5, 5.41) is 12.8. The number of nitrogens with zero attached hydrogens (tertiary/aromatic N) is 3. The maximum atomic E-state index is 12.5. The highest BCUT2D eigenvalue weighted by Crippen LogP contribution is 2.21. The number of carbonyl (C=O) groups excluding carboxylic acids is 1. The van der Waals surface area contributed by atoms with Gasteiger partial charge < -0.3 is 14.6 Å². The van der Waals surface area contributed by atoms with Crippen molar-refractivity contribution in [3.8, 4) is 5.75 Å². The van der Waals surface area contributed by atoms with E-state index in [1.165, 1.54) is 22.9 Å². The molecular formula is C22H26N4O2S. The van der Waals surface area contributed by atoms with Crippen LogP contribution in [0.4, 0.5) is 5.69 Å². The van der Waals surface area contributed by atoms with Crippen LogP contribution >= 0.6 is 11.8 Å². The molecule has 6 nitrogen and oxygen atoms in total. The van der Waals surface area contributed by atoms with Crippen molar-refractivity contribution in [3.05, 3.63) is 65.0 Å². The third-order valence-corrected chi connectivity index (χ3v) is 5.64. The summed E-state index contributed by atoms with van der Waals surface area (Å²) in [6, 6.07) is 13.5. The summed E-state index contributed by atoms with van der Waals surface area (Å²) >= 11 is 1.41. The summed E-state index contributed by atoms with van der Waals surface area (Å²) < 4.78 is 7.18. The fourth-order valence-corrected chi connectivity index (χ4v) is 3.97. The first kappa shape index (κ1) is 20.9. The topological polar surface area (TPSA) is 69.0 Å². The molecule has 1 heterocycles. The smallest absolute Gasteiger partial charge is 0.191 e. The number of ether oxygens (including phenoxy) is 1. The number of aromatic nitrogens is 3. The van der Waals surface area contributed by atoms with Crippen molar-refractivity contribution >= 4 is 23.2 Å². The van der Waals surface area contributed by atoms with E-state index in [0.29, 0.717) is 17.9 Å². The van der Waals surface area contributed by atoms with E-state index in [0.717, 1.165) is 29.0 Å². The molecule has 0 unspecified atom stereocenters. The summed E-state index contributed by atoms with van der Waals surface area (Å²) in [5.74, 6) is 1.96. The van der Waals surface area contributed by atoms with Gasteiger partial charge in [-0.3, -0.25) is 4.79 Å². The van der Waals surface area contributed by atoms with Crippen LogP contribution in [0.2, 0.25) is 0 Å². The fourth-order valence-electron chi connectivity index (χ4n) is 3.05. The van der Waals surface area contributed by atoms with E-state index in [4.69, 9.17) is 4.74 Å². The summed E-state index contributed by atoms with van der Waals surface area (Å²) in [5.41, 5.74) is 4.19. The SMILES string of the molecule is CCn1c(CNc2ccc(C)cc2C)nnc1SCC(=O)c1ccc(OC)cc1. The van der Waals surface area contributed by atoms with Crippen molar-refractivity contribution in [1.29, 1.82) is 0 Å². The summed E-state index contributed by atoms with van der Waals surface area (Å²) in [7, 11) is 1.61. The van der Waals surface area contributed by atoms with Crippen molar-refractivity contribution < 1.29 is 9.53 Å². The Morgan fingerprint density at radius 1 is 1.14 bits per heavy atom. The fraction of sp³-hybridized carbons (Fsp3) is 0.318. The van der Waals surface area contributed by atoms with Gasteiger partial charge in [0.25, 0.3) is 0 Å². The molecule has 0 aliphatic carbocycles. The molecule has 3 aromatic rings. The van der Waals surface area contributed by atoms with E-state index in [-0.39, 0.29) is 5.78 Å². The number of rotatable bonds is 9. The number of thioether (sulfide) groups is 1. The van der Waals surface area contributed by atoms with Gasteiger partial charge in [0.2, 0.25) is 0 Å². The van der Waals surface area contributed by atoms with Crippen LogP contribution in [-0.2, 0) is 13.1 Å². The van der Waals surface area contributed by atoms with Crippen LogP contribution < -0.4 is 10.1 Å². The molecule has 1 aromatic heterocycles. The van der Waals surface area contributed by atoms with Gasteiger partial charge in [-0.2, -0.15) is 0 Å². The molecule has 152 valence electrons. The normalized spacial score (nSPS) is 10.8. The minimum atomic E-state index is 0.0539. The summed E-state index contributed by atoms with van der Waals surface area (Å²) in [4.78, 5) is 12.5. The zero-order valence-electron chi connectivity index (χ0n) is 17.2. The predicted molar refractivity (Wildman–Crippen MR) is 117 cm³/mol. The van der Waals surface area contributed by atoms with E-state index < -0.39 is 0 Å². The minimum absolute atomic E-state index is 0.0539. The number of ketones is 1. The lowest BCUT2D eigenvalue weighted by atomic mass is 10.1. The second-order valence-electron chi connectivity index (χ2n) is 6.76. The molecule has 0 saturated heterocycles. The Morgan fingerprint density at radius 3 is 2.55 bits per heavy atom. The Bertz CT molecular complexity index is 983. The molecule has 2 aromatic carbocycles. The third-order valence-electron chi connectivity index (χ3n) is 4.67. The molecule has 0 saturated carbocycles. The van der Waals surface area contributed by atoms with Gasteiger partial charge in [-0.15, -0.1) is 10.2 Å². The van der Waals surface area contributed by atoms with E-state index in [9.17, 15) is 4.79 Å². The van der Waals surface area contributed by atoms with Crippen LogP contribution in [0.5, 0.6) is 5.75 Å². The third kappa shape index (κ3) is 5.17. The Morgan fingerprint density at radius 2 is 1.90 bits per heavy atom. The number of hydrogen-bond acceptors (Lipinski definition) is 6. The maximum Gasteiger partial charge on any atom is 0.191 e. The van der Waals surface area contributed by atoms with Crippen molar-refractivity contribution in [2.45, 2.75) is 39.0 Å². The van der Waals surface area contributed by atoms with E-state index in [1.807, 2.05) is 4.57 Å². The van der Waals surface area contributed by atoms with Gasteiger partial charge in [0, 0.05) is 17.8 Å². The largest absolute Gasteiger partial charge is 0.497 e. The molecule has 0 bridgehead atoms. The minimum Gasteiger partial charge on any atom is -0.497 e. The Labute approximate surface area is 175 Å². The lowest BCUT2D eigenvalue weighted by Gasteiger charge is -2.11. The zero-order chi connectivity index (χ0) is 20.8. The van der Waals surface area contributed by atoms with E-state index in [1.54, 1.807) is 31.4 Å². The highest BCUT2D eigenvalue weighted by molar-refractivity contribution is 7.99. The molecule has 0 amide bonds. The number of anilines is 1. The summed E-state index contributed by atoms with van der Waals surface area (Å²) in [6.07, 6.45) is 0. The summed E-state index contributed by atoms with van der Waals surface area (Å²) in [6.45, 7) is 7.56. The first-order valence-electron chi connectivity index (χ1n) is 9.55. The Hall–Kier alpha value is -2.80. The molecule has 0 fully saturated rings. The second kappa shape index (κ2) is 9.60. The molecule has 3 rings (SSSR count). The van der Waals surface area contributed by atoms with Crippen molar-refractivity contribution in [1.82, 2.24) is 14.8 Å². The number of nitrogens with one attached hydrogen (secondary N) is 1. The molecule has 7 heteroatoms. The lowest BCUT2D eigenvalue weighted by Crippen LogP contribution is -2.10. The molecule has 0 spiro atoms. The van der Waals surface area contributed by atoms with Gasteiger partial charge in [-0.25, -0.2) is 0 Å². The molecule has 0 aliphatic rings. The Balaban J connectivity index is 1.63. The quantitative estimate of drug-likeness (QED) is 0.413. The number of hydrogen-bond donors (Lipinski definition) is 1. The van der Waals surface area contributed by atoms with Gasteiger partial charge in [0.05, 0.1) is 19.4 Å². The van der Waals surface area contributed by atoms with Crippen LogP contribution in [0.25, 0.3) is 0 Å². The van der Waals surface area contributed by atoms with Gasteiger partial charge in [0.15, 0.2) is 16.8 Å². The van der Waals surface area contributed by atoms with Crippen molar-refractivity contribution in [2.75, 3.05) is 18.2 Å². The highest BCUT2D eigenvalue weighted by Gasteiger charge is 2.14. The molecule has 1 N–H and O–H groups in total. The number of aryl methyl sites for hydroxylation is 2. The predicted octanol–water partition coefficient (Wildman–Crippen LogP) is 4.51. The number of benzene rings is 2. The average molecular weight is 411 g/mol. The van der Waals surface area contributed by atoms with Crippen molar-refractivity contribution in [3.63, 3.8) is 0 Å². The van der Waals surface area contributed by atoms with Gasteiger partial charge >= 0.3 is 0 Å². The Kier molecular flexibility index (Phi) is 6.93. The lowest BCUT2D eigenvalue weighted by molar-refractivity contribution is 0.102. The van der Waals surface area contributed by atoms with E-state index in [2.05, 4.69) is 54.5 Å². The molecule has 29 heavy (non-hydrogen) atoms. The molecule has 0 radical (unpaired) electrons. The van der Waals surface area contributed by atoms with Gasteiger partial charge in [-0.05, 0) is 56.7 Å². The average Bonchev–Trinajstić information content (AvgIpc) is 3.13. The van der Waals surface area contributed by atoms with Crippen LogP contribution in [0, 0.1) is 13.8 Å². The van der Waals surface area contributed by atoms with Crippen LogP contribution in [0.15, 0.2) is 47.6 Å². The molecule has 0 atom stereocenters. The van der Waals surface area contributed by atoms with Crippen molar-refractivity contribution in [2.24, 2.45) is 0 Å². The van der Waals surface area contributed by atoms with Gasteiger partial charge in [0.1, 0.15) is 5.75 Å². The zero-order valence-corrected chi connectivity index (χ0v) is 18.0. The molecule has 0 aliphatic heterocycles. The standard InChI is InChI=1S/C22H26N4O2S/c1-5-26-21(13-23-19-11-6-15(2)12-16(19)3)24-25-22(26)29-14-20(27)17-7-9-18(28-4)10-8-17/h6-12,23H,5,13-14H2,1-4H3. The monoisotopic (exact) mass is 410 g/mol. The van der Waals surface area contributed by atoms with E-state index >= 15 is 0 Å². The maximum absolute atomic E-state index is 12.5. The number of carbonyl (C=O) groups is 1. The first-order chi connectivity index (χ1) is 14.0. The molecular weight excluding hydrogens is 384 g/mol. The highest BCUT2D eigenvalue weighted by atomic mass is 32.2. The van der Waals surface area contributed by atoms with Crippen LogP contribution in [0.1, 0.15) is 34.2 Å². The number of methoxy groups -OCH3 is 1. The van der Waals surface area contributed by atoms with Crippen LogP contribution in [-0.4, -0.2) is 33.4 Å². The second-order valence-corrected chi connectivity index (χ2v) is 7.70. The number of Topliss-reactive ketones (excluding diaryl/α,β-unsaturated/α-hetero) is 1.